The highest BCUT2D eigenvalue weighted by Crippen LogP contribution is 2.21. The largest absolute Gasteiger partial charge is 0.352 e. The first-order chi connectivity index (χ1) is 9.50. The highest BCUT2D eigenvalue weighted by atomic mass is 35.5. The number of hydrogen-bond acceptors (Lipinski definition) is 5. The molecule has 0 saturated carbocycles. The summed E-state index contributed by atoms with van der Waals surface area (Å²) < 4.78 is 44.4. The van der Waals surface area contributed by atoms with Crippen LogP contribution in [0.15, 0.2) is 23.1 Å². The van der Waals surface area contributed by atoms with E-state index in [1.807, 2.05) is 0 Å². The van der Waals surface area contributed by atoms with E-state index in [4.69, 9.17) is 16.7 Å². The molecule has 0 bridgehead atoms. The quantitative estimate of drug-likeness (QED) is 0.704. The Bertz CT molecular complexity index is 744. The molecule has 0 radical (unpaired) electrons. The van der Waals surface area contributed by atoms with E-state index in [1.165, 1.54) is 12.1 Å². The van der Waals surface area contributed by atoms with Crippen molar-refractivity contribution in [2.24, 2.45) is 5.14 Å². The fourth-order valence-corrected chi connectivity index (χ4v) is 3.24. The van der Waals surface area contributed by atoms with Crippen LogP contribution in [-0.2, 0) is 19.9 Å². The topological polar surface area (TPSA) is 123 Å². The maximum Gasteiger partial charge on any atom is 0.251 e. The number of rotatable bonds is 6. The van der Waals surface area contributed by atoms with Gasteiger partial charge in [0.05, 0.1) is 10.8 Å². The molecule has 1 amide bonds. The van der Waals surface area contributed by atoms with Gasteiger partial charge in [-0.2, -0.15) is 0 Å². The lowest BCUT2D eigenvalue weighted by atomic mass is 10.2. The first-order valence-electron chi connectivity index (χ1n) is 5.79. The summed E-state index contributed by atoms with van der Waals surface area (Å²) in [7, 11) is -7.11. The van der Waals surface area contributed by atoms with E-state index >= 15 is 0 Å². The molecule has 7 nitrogen and oxygen atoms in total. The third kappa shape index (κ3) is 6.00. The minimum Gasteiger partial charge on any atom is -0.352 e. The van der Waals surface area contributed by atoms with Crippen LogP contribution in [-0.4, -0.2) is 41.3 Å². The molecule has 0 fully saturated rings. The van der Waals surface area contributed by atoms with Gasteiger partial charge in [0, 0.05) is 18.4 Å². The fraction of sp³-hybridized carbons (Fsp3) is 0.364. The molecule has 1 aromatic carbocycles. The van der Waals surface area contributed by atoms with Gasteiger partial charge < -0.3 is 5.32 Å². The molecule has 10 heteroatoms. The molecule has 0 unspecified atom stereocenters. The molecular weight excluding hydrogens is 340 g/mol. The molecule has 118 valence electrons. The van der Waals surface area contributed by atoms with Gasteiger partial charge in [0.25, 0.3) is 5.91 Å². The van der Waals surface area contributed by atoms with Crippen molar-refractivity contribution in [1.29, 1.82) is 0 Å². The molecule has 0 spiro atoms. The minimum atomic E-state index is -4.03. The number of hydrogen-bond donors (Lipinski definition) is 2. The summed E-state index contributed by atoms with van der Waals surface area (Å²) in [5.41, 5.74) is 0.0720. The normalized spacial score (nSPS) is 12.1. The number of primary sulfonamides is 1. The van der Waals surface area contributed by atoms with Gasteiger partial charge in [-0.05, 0) is 24.6 Å². The zero-order valence-corrected chi connectivity index (χ0v) is 13.6. The number of carbonyl (C=O) groups excluding carboxylic acids is 1. The first kappa shape index (κ1) is 17.9. The standard InChI is InChI=1S/C11H15ClN2O5S2/c1-20(16,17)6-2-5-14-11(15)8-3-4-9(12)10(7-8)21(13,18)19/h3-4,7H,2,5-6H2,1H3,(H,14,15)(H2,13,18,19). The van der Waals surface area contributed by atoms with Gasteiger partial charge in [0.1, 0.15) is 14.7 Å². The van der Waals surface area contributed by atoms with Gasteiger partial charge in [0.15, 0.2) is 0 Å². The van der Waals surface area contributed by atoms with Crippen LogP contribution in [0.25, 0.3) is 0 Å². The van der Waals surface area contributed by atoms with E-state index < -0.39 is 25.8 Å². The smallest absolute Gasteiger partial charge is 0.251 e. The molecule has 1 rings (SSSR count). The van der Waals surface area contributed by atoms with Crippen LogP contribution in [0.2, 0.25) is 5.02 Å². The van der Waals surface area contributed by atoms with Crippen molar-refractivity contribution in [1.82, 2.24) is 5.32 Å². The van der Waals surface area contributed by atoms with Gasteiger partial charge in [0.2, 0.25) is 10.0 Å². The van der Waals surface area contributed by atoms with E-state index in [1.54, 1.807) is 0 Å². The van der Waals surface area contributed by atoms with Gasteiger partial charge >= 0.3 is 0 Å². The Balaban J connectivity index is 2.76. The van der Waals surface area contributed by atoms with Crippen molar-refractivity contribution >= 4 is 37.4 Å². The molecule has 0 aliphatic heterocycles. The van der Waals surface area contributed by atoms with Crippen molar-refractivity contribution in [3.8, 4) is 0 Å². The second-order valence-electron chi connectivity index (χ2n) is 4.43. The van der Waals surface area contributed by atoms with E-state index in [0.29, 0.717) is 0 Å². The number of halogens is 1. The minimum absolute atomic E-state index is 0.0453. The van der Waals surface area contributed by atoms with Crippen molar-refractivity contribution < 1.29 is 21.6 Å². The molecule has 3 N–H and O–H groups in total. The first-order valence-corrected chi connectivity index (χ1v) is 9.77. The molecule has 0 atom stereocenters. The van der Waals surface area contributed by atoms with Crippen LogP contribution < -0.4 is 10.5 Å². The Labute approximate surface area is 128 Å². The lowest BCUT2D eigenvalue weighted by molar-refractivity contribution is 0.0953. The monoisotopic (exact) mass is 354 g/mol. The Morgan fingerprint density at radius 2 is 1.90 bits per heavy atom. The Morgan fingerprint density at radius 1 is 1.29 bits per heavy atom. The van der Waals surface area contributed by atoms with E-state index in [-0.39, 0.29) is 34.2 Å². The van der Waals surface area contributed by atoms with Crippen molar-refractivity contribution in [3.05, 3.63) is 28.8 Å². The molecular formula is C11H15ClN2O5S2. The summed E-state index contributed by atoms with van der Waals surface area (Å²) in [5.74, 6) is -0.582. The summed E-state index contributed by atoms with van der Waals surface area (Å²) in [6.45, 7) is 0.152. The van der Waals surface area contributed by atoms with E-state index in [0.717, 1.165) is 12.3 Å². The average Bonchev–Trinajstić information content (AvgIpc) is 2.32. The number of sulfonamides is 1. The highest BCUT2D eigenvalue weighted by molar-refractivity contribution is 7.90. The number of carbonyl (C=O) groups is 1. The zero-order chi connectivity index (χ0) is 16.3. The van der Waals surface area contributed by atoms with Crippen molar-refractivity contribution in [2.45, 2.75) is 11.3 Å². The lowest BCUT2D eigenvalue weighted by Gasteiger charge is -2.07. The van der Waals surface area contributed by atoms with E-state index in [2.05, 4.69) is 5.32 Å². The molecule has 0 saturated heterocycles. The van der Waals surface area contributed by atoms with Gasteiger partial charge in [-0.25, -0.2) is 22.0 Å². The third-order valence-electron chi connectivity index (χ3n) is 2.48. The summed E-state index contributed by atoms with van der Waals surface area (Å²) in [5, 5.41) is 7.40. The Kier molecular flexibility index (Phi) is 5.74. The summed E-state index contributed by atoms with van der Waals surface area (Å²) in [6.07, 6.45) is 1.37. The lowest BCUT2D eigenvalue weighted by Crippen LogP contribution is -2.26. The highest BCUT2D eigenvalue weighted by Gasteiger charge is 2.16. The second-order valence-corrected chi connectivity index (χ2v) is 8.63. The predicted molar refractivity (Wildman–Crippen MR) is 79.5 cm³/mol. The summed E-state index contributed by atoms with van der Waals surface area (Å²) in [6, 6.07) is 3.68. The molecule has 0 aliphatic rings. The molecule has 1 aromatic rings. The van der Waals surface area contributed by atoms with Gasteiger partial charge in [-0.15, -0.1) is 0 Å². The Hall–Kier alpha value is -1.16. The maximum absolute atomic E-state index is 11.8. The number of sulfone groups is 1. The number of nitrogens with one attached hydrogen (secondary N) is 1. The third-order valence-corrected chi connectivity index (χ3v) is 4.90. The van der Waals surface area contributed by atoms with Crippen LogP contribution in [0.3, 0.4) is 0 Å². The number of amides is 1. The number of nitrogens with two attached hydrogens (primary N) is 1. The van der Waals surface area contributed by atoms with Crippen LogP contribution in [0.1, 0.15) is 16.8 Å². The number of benzene rings is 1. The van der Waals surface area contributed by atoms with Gasteiger partial charge in [-0.3, -0.25) is 4.79 Å². The Morgan fingerprint density at radius 3 is 2.43 bits per heavy atom. The summed E-state index contributed by atoms with van der Waals surface area (Å²) in [4.78, 5) is 11.5. The second kappa shape index (κ2) is 6.73. The van der Waals surface area contributed by atoms with Crippen LogP contribution in [0.5, 0.6) is 0 Å². The van der Waals surface area contributed by atoms with Gasteiger partial charge in [-0.1, -0.05) is 11.6 Å². The van der Waals surface area contributed by atoms with Crippen LogP contribution in [0, 0.1) is 0 Å². The van der Waals surface area contributed by atoms with Crippen molar-refractivity contribution in [3.63, 3.8) is 0 Å². The summed E-state index contributed by atoms with van der Waals surface area (Å²) >= 11 is 5.70. The predicted octanol–water partition coefficient (Wildman–Crippen LogP) is 0.152. The SMILES string of the molecule is CS(=O)(=O)CCCNC(=O)c1ccc(Cl)c(S(N)(=O)=O)c1. The average molecular weight is 355 g/mol. The molecule has 0 aromatic heterocycles. The van der Waals surface area contributed by atoms with Crippen LogP contribution >= 0.6 is 11.6 Å². The molecule has 21 heavy (non-hydrogen) atoms. The van der Waals surface area contributed by atoms with Crippen molar-refractivity contribution in [2.75, 3.05) is 18.6 Å². The zero-order valence-electron chi connectivity index (χ0n) is 11.2. The maximum atomic E-state index is 11.8. The van der Waals surface area contributed by atoms with E-state index in [9.17, 15) is 21.6 Å². The van der Waals surface area contributed by atoms with Crippen LogP contribution in [0.4, 0.5) is 0 Å². The fourth-order valence-electron chi connectivity index (χ4n) is 1.50. The molecule has 0 aliphatic carbocycles. The molecule has 0 heterocycles.